The number of hydrogen-bond donors (Lipinski definition) is 1. The number of nitrogens with one attached hydrogen (secondary N) is 1. The largest absolute Gasteiger partial charge is 0.283 e. The van der Waals surface area contributed by atoms with Crippen LogP contribution in [0.3, 0.4) is 0 Å². The molecule has 4 heteroatoms. The van der Waals surface area contributed by atoms with E-state index in [-0.39, 0.29) is 0 Å². The van der Waals surface area contributed by atoms with Crippen LogP contribution in [-0.4, -0.2) is 11.4 Å². The highest BCUT2D eigenvalue weighted by Crippen LogP contribution is 2.24. The van der Waals surface area contributed by atoms with Gasteiger partial charge in [0.05, 0.1) is 17.3 Å². The normalized spacial score (nSPS) is 13.0. The quantitative estimate of drug-likeness (QED) is 0.396. The highest BCUT2D eigenvalue weighted by molar-refractivity contribution is 6.51. The van der Waals surface area contributed by atoms with Gasteiger partial charge in [-0.25, -0.2) is 0 Å². The molecule has 0 bridgehead atoms. The third-order valence-electron chi connectivity index (χ3n) is 4.42. The van der Waals surface area contributed by atoms with Gasteiger partial charge in [0.2, 0.25) is 0 Å². The summed E-state index contributed by atoms with van der Waals surface area (Å²) in [4.78, 5) is 4.78. The Hall–Kier alpha value is -2.39. The molecule has 148 valence electrons. The van der Waals surface area contributed by atoms with Crippen LogP contribution in [0.1, 0.15) is 55.9 Å². The van der Waals surface area contributed by atoms with Crippen molar-refractivity contribution in [1.82, 2.24) is 5.43 Å². The lowest BCUT2D eigenvalue weighted by Gasteiger charge is -2.13. The van der Waals surface area contributed by atoms with E-state index in [9.17, 15) is 0 Å². The highest BCUT2D eigenvalue weighted by atomic mass is 35.5. The topological polar surface area (TPSA) is 36.8 Å². The van der Waals surface area contributed by atoms with E-state index in [0.29, 0.717) is 6.54 Å². The molecule has 0 amide bonds. The highest BCUT2D eigenvalue weighted by Gasteiger charge is 2.14. The lowest BCUT2D eigenvalue weighted by Crippen LogP contribution is -2.18. The zero-order valence-corrected chi connectivity index (χ0v) is 18.3. The summed E-state index contributed by atoms with van der Waals surface area (Å²) in [7, 11) is 0. The van der Waals surface area contributed by atoms with Crippen molar-refractivity contribution in [1.29, 1.82) is 0 Å². The molecule has 0 aliphatic carbocycles. The van der Waals surface area contributed by atoms with Gasteiger partial charge in [0.15, 0.2) is 0 Å². The number of aliphatic imine (C=N–C) groups is 1. The van der Waals surface area contributed by atoms with E-state index in [0.717, 1.165) is 51.7 Å². The molecule has 0 saturated carbocycles. The number of benzene rings is 2. The van der Waals surface area contributed by atoms with Crippen LogP contribution in [0.4, 0.5) is 0 Å². The van der Waals surface area contributed by atoms with Crippen LogP contribution >= 0.6 is 11.6 Å². The first-order chi connectivity index (χ1) is 13.4. The van der Waals surface area contributed by atoms with Crippen molar-refractivity contribution in [3.05, 3.63) is 81.5 Å². The molecule has 0 radical (unpaired) electrons. The minimum absolute atomic E-state index is 0.610. The van der Waals surface area contributed by atoms with Gasteiger partial charge >= 0.3 is 0 Å². The van der Waals surface area contributed by atoms with Crippen molar-refractivity contribution in [2.45, 2.75) is 54.0 Å². The zero-order chi connectivity index (χ0) is 20.5. The summed E-state index contributed by atoms with van der Waals surface area (Å²) in [6.45, 7) is 10.9. The van der Waals surface area contributed by atoms with Crippen molar-refractivity contribution in [2.75, 3.05) is 0 Å². The average Bonchev–Trinajstić information content (AvgIpc) is 2.69. The molecule has 2 aromatic rings. The Labute approximate surface area is 174 Å². The van der Waals surface area contributed by atoms with Crippen molar-refractivity contribution in [3.8, 4) is 0 Å². The summed E-state index contributed by atoms with van der Waals surface area (Å²) in [6, 6.07) is 14.4. The molecule has 0 saturated heterocycles. The van der Waals surface area contributed by atoms with Gasteiger partial charge in [-0.1, -0.05) is 73.0 Å². The molecule has 0 unspecified atom stereocenters. The third kappa shape index (κ3) is 6.35. The van der Waals surface area contributed by atoms with E-state index < -0.39 is 0 Å². The van der Waals surface area contributed by atoms with Crippen LogP contribution in [0.5, 0.6) is 0 Å². The van der Waals surface area contributed by atoms with Crippen LogP contribution in [0.2, 0.25) is 5.02 Å². The second kappa shape index (κ2) is 10.8. The number of rotatable bonds is 8. The number of unbranched alkanes of at least 4 members (excludes halogenated alkanes) is 1. The Bertz CT molecular complexity index is 880. The van der Waals surface area contributed by atoms with Gasteiger partial charge in [-0.05, 0) is 51.3 Å². The predicted molar refractivity (Wildman–Crippen MR) is 123 cm³/mol. The second-order valence-electron chi connectivity index (χ2n) is 7.08. The maximum absolute atomic E-state index is 6.64. The number of hydrazone groups is 1. The van der Waals surface area contributed by atoms with Crippen molar-refractivity contribution >= 4 is 23.0 Å². The number of aryl methyl sites for hydroxylation is 2. The van der Waals surface area contributed by atoms with E-state index >= 15 is 0 Å². The third-order valence-corrected chi connectivity index (χ3v) is 4.92. The Balaban J connectivity index is 2.41. The predicted octanol–water partition coefficient (Wildman–Crippen LogP) is 6.62. The first-order valence-corrected chi connectivity index (χ1v) is 10.1. The molecule has 1 N–H and O–H groups in total. The Morgan fingerprint density at radius 2 is 1.82 bits per heavy atom. The maximum atomic E-state index is 6.64. The molecule has 2 rings (SSSR count). The van der Waals surface area contributed by atoms with E-state index in [1.54, 1.807) is 0 Å². The Morgan fingerprint density at radius 3 is 2.50 bits per heavy atom. The Kier molecular flexibility index (Phi) is 8.46. The summed E-state index contributed by atoms with van der Waals surface area (Å²) < 4.78 is 0. The Morgan fingerprint density at radius 1 is 1.11 bits per heavy atom. The van der Waals surface area contributed by atoms with E-state index in [1.165, 1.54) is 5.56 Å². The molecular weight excluding hydrogens is 366 g/mol. The fourth-order valence-electron chi connectivity index (χ4n) is 2.88. The van der Waals surface area contributed by atoms with Gasteiger partial charge in [-0.2, -0.15) is 5.10 Å². The molecule has 28 heavy (non-hydrogen) atoms. The average molecular weight is 396 g/mol. The van der Waals surface area contributed by atoms with Gasteiger partial charge in [0.25, 0.3) is 0 Å². The molecule has 3 nitrogen and oxygen atoms in total. The van der Waals surface area contributed by atoms with Gasteiger partial charge < -0.3 is 0 Å². The molecule has 0 fully saturated rings. The molecule has 0 spiro atoms. The first-order valence-electron chi connectivity index (χ1n) is 9.75. The fraction of sp³-hybridized carbons (Fsp3) is 0.333. The summed E-state index contributed by atoms with van der Waals surface area (Å²) in [5.74, 6) is 0. The summed E-state index contributed by atoms with van der Waals surface area (Å²) >= 11 is 6.64. The van der Waals surface area contributed by atoms with Crippen LogP contribution < -0.4 is 5.43 Å². The standard InChI is InChI=1S/C24H30ClN3/c1-6-7-11-19(4)27-28-24(22-15-17(2)14-18(3)23(22)25)20(5)26-16-21-12-9-8-10-13-21/h8-15,27H,6-7,16H2,1-5H3/b19-11+,26-20?,28-24?. The van der Waals surface area contributed by atoms with Crippen LogP contribution in [0, 0.1) is 13.8 Å². The summed E-state index contributed by atoms with van der Waals surface area (Å²) in [6.07, 6.45) is 4.28. The number of nitrogens with zero attached hydrogens (tertiary/aromatic N) is 2. The van der Waals surface area contributed by atoms with Crippen LogP contribution in [0.15, 0.2) is 64.3 Å². The van der Waals surface area contributed by atoms with Gasteiger partial charge in [-0.15, -0.1) is 0 Å². The number of halogens is 1. The number of hydrogen-bond acceptors (Lipinski definition) is 3. The molecule has 0 aliphatic heterocycles. The second-order valence-corrected chi connectivity index (χ2v) is 7.46. The van der Waals surface area contributed by atoms with Crippen molar-refractivity contribution < 1.29 is 0 Å². The smallest absolute Gasteiger partial charge is 0.113 e. The minimum atomic E-state index is 0.610. The molecule has 0 aliphatic rings. The SMILES string of the molecule is CCC/C=C(\C)NN=C(C(C)=NCc1ccccc1)c1cc(C)cc(C)c1Cl. The van der Waals surface area contributed by atoms with E-state index in [2.05, 4.69) is 54.7 Å². The maximum Gasteiger partial charge on any atom is 0.113 e. The molecule has 0 heterocycles. The number of allylic oxidation sites excluding steroid dienone is 2. The van der Waals surface area contributed by atoms with E-state index in [1.807, 2.05) is 39.0 Å². The van der Waals surface area contributed by atoms with Crippen molar-refractivity contribution in [3.63, 3.8) is 0 Å². The fourth-order valence-corrected chi connectivity index (χ4v) is 3.08. The summed E-state index contributed by atoms with van der Waals surface area (Å²) in [5.41, 5.74) is 10.1. The van der Waals surface area contributed by atoms with Gasteiger partial charge in [0, 0.05) is 11.3 Å². The van der Waals surface area contributed by atoms with Crippen molar-refractivity contribution in [2.24, 2.45) is 10.1 Å². The molecular formula is C24H30ClN3. The lowest BCUT2D eigenvalue weighted by molar-refractivity contribution is 0.857. The monoisotopic (exact) mass is 395 g/mol. The van der Waals surface area contributed by atoms with Gasteiger partial charge in [0.1, 0.15) is 5.71 Å². The minimum Gasteiger partial charge on any atom is -0.283 e. The first kappa shape index (κ1) is 21.9. The van der Waals surface area contributed by atoms with Crippen LogP contribution in [-0.2, 0) is 6.54 Å². The molecule has 2 aromatic carbocycles. The van der Waals surface area contributed by atoms with E-state index in [4.69, 9.17) is 16.6 Å². The van der Waals surface area contributed by atoms with Gasteiger partial charge in [-0.3, -0.25) is 10.4 Å². The zero-order valence-electron chi connectivity index (χ0n) is 17.5. The van der Waals surface area contributed by atoms with Crippen LogP contribution in [0.25, 0.3) is 0 Å². The molecule has 0 atom stereocenters. The molecule has 0 aromatic heterocycles. The summed E-state index contributed by atoms with van der Waals surface area (Å²) in [5, 5.41) is 5.40. The lowest BCUT2D eigenvalue weighted by atomic mass is 10.0.